The predicted octanol–water partition coefficient (Wildman–Crippen LogP) is 5.12. The van der Waals surface area contributed by atoms with Crippen molar-refractivity contribution in [2.45, 2.75) is 70.8 Å². The lowest BCUT2D eigenvalue weighted by Crippen LogP contribution is -2.45. The number of hydrogen-bond acceptors (Lipinski definition) is 4. The molecule has 4 nitrogen and oxygen atoms in total. The molecule has 0 aromatic heterocycles. The van der Waals surface area contributed by atoms with Crippen LogP contribution in [-0.4, -0.2) is 40.3 Å². The van der Waals surface area contributed by atoms with Gasteiger partial charge in [-0.2, -0.15) is 0 Å². The van der Waals surface area contributed by atoms with E-state index >= 15 is 0 Å². The minimum atomic E-state index is 0.322. The summed E-state index contributed by atoms with van der Waals surface area (Å²) in [6, 6.07) is 4.77. The maximum absolute atomic E-state index is 6.30. The Balaban J connectivity index is 1.55. The zero-order valence-corrected chi connectivity index (χ0v) is 18.7. The number of ether oxygens (including phenoxy) is 4. The molecule has 0 aliphatic heterocycles. The number of aryl methyl sites for hydroxylation is 2. The van der Waals surface area contributed by atoms with E-state index in [1.165, 1.54) is 49.7 Å². The first-order valence-electron chi connectivity index (χ1n) is 11.5. The molecule has 3 aliphatic rings. The Kier molecular flexibility index (Phi) is 6.53. The van der Waals surface area contributed by atoms with E-state index in [2.05, 4.69) is 26.0 Å². The van der Waals surface area contributed by atoms with Crippen LogP contribution in [0.2, 0.25) is 0 Å². The Morgan fingerprint density at radius 3 is 2.66 bits per heavy atom. The third-order valence-electron chi connectivity index (χ3n) is 8.14. The topological polar surface area (TPSA) is 36.9 Å². The quantitative estimate of drug-likeness (QED) is 0.447. The molecule has 0 heterocycles. The molecule has 2 saturated carbocycles. The van der Waals surface area contributed by atoms with Crippen molar-refractivity contribution in [2.24, 2.45) is 17.3 Å². The molecule has 1 aromatic rings. The summed E-state index contributed by atoms with van der Waals surface area (Å²) in [4.78, 5) is 0. The smallest absolute Gasteiger partial charge is 0.188 e. The third-order valence-corrected chi connectivity index (χ3v) is 8.14. The molecule has 4 rings (SSSR count). The van der Waals surface area contributed by atoms with Crippen molar-refractivity contribution in [2.75, 3.05) is 34.2 Å². The summed E-state index contributed by atoms with van der Waals surface area (Å²) in [6.45, 7) is 6.47. The second kappa shape index (κ2) is 8.95. The zero-order chi connectivity index (χ0) is 20.4. The van der Waals surface area contributed by atoms with Crippen LogP contribution >= 0.6 is 0 Å². The van der Waals surface area contributed by atoms with Crippen LogP contribution in [0.4, 0.5) is 0 Å². The maximum Gasteiger partial charge on any atom is 0.188 e. The minimum Gasteiger partial charge on any atom is -0.467 e. The van der Waals surface area contributed by atoms with Gasteiger partial charge in [0.1, 0.15) is 5.75 Å². The normalized spacial score (nSPS) is 33.1. The Bertz CT molecular complexity index is 702. The van der Waals surface area contributed by atoms with E-state index < -0.39 is 0 Å². The van der Waals surface area contributed by atoms with Crippen molar-refractivity contribution in [3.05, 3.63) is 28.8 Å². The lowest BCUT2D eigenvalue weighted by Gasteiger charge is -2.50. The molecule has 162 valence electrons. The molecule has 5 atom stereocenters. The van der Waals surface area contributed by atoms with Crippen molar-refractivity contribution in [1.82, 2.24) is 0 Å². The monoisotopic (exact) mass is 402 g/mol. The number of hydrogen-bond donors (Lipinski definition) is 0. The maximum atomic E-state index is 6.30. The molecule has 3 unspecified atom stereocenters. The highest BCUT2D eigenvalue weighted by molar-refractivity contribution is 5.46. The van der Waals surface area contributed by atoms with Crippen molar-refractivity contribution in [3.63, 3.8) is 0 Å². The molecule has 0 bridgehead atoms. The van der Waals surface area contributed by atoms with Crippen LogP contribution < -0.4 is 4.74 Å². The van der Waals surface area contributed by atoms with Crippen LogP contribution in [0.3, 0.4) is 0 Å². The summed E-state index contributed by atoms with van der Waals surface area (Å²) in [5.41, 5.74) is 4.77. The largest absolute Gasteiger partial charge is 0.467 e. The second-order valence-electron chi connectivity index (χ2n) is 9.45. The zero-order valence-electron chi connectivity index (χ0n) is 18.7. The molecule has 29 heavy (non-hydrogen) atoms. The lowest BCUT2D eigenvalue weighted by atomic mass is 9.55. The van der Waals surface area contributed by atoms with Crippen LogP contribution in [0.25, 0.3) is 0 Å². The predicted molar refractivity (Wildman–Crippen MR) is 115 cm³/mol. The van der Waals surface area contributed by atoms with Gasteiger partial charge in [-0.25, -0.2) is 0 Å². The Morgan fingerprint density at radius 1 is 1.03 bits per heavy atom. The fraction of sp³-hybridized carbons (Fsp3) is 0.760. The molecule has 0 amide bonds. The fourth-order valence-corrected chi connectivity index (χ4v) is 6.68. The molecule has 1 aromatic carbocycles. The van der Waals surface area contributed by atoms with Crippen molar-refractivity contribution >= 4 is 0 Å². The SMILES string of the molecule is CCc1cc2c(cc1OCOC)CCC1C2CC[C@@]2(C)C1CC[C@@H]2OCCOC. The van der Waals surface area contributed by atoms with Crippen LogP contribution in [0.1, 0.15) is 68.6 Å². The lowest BCUT2D eigenvalue weighted by molar-refractivity contribution is -0.0739. The Morgan fingerprint density at radius 2 is 1.90 bits per heavy atom. The molecule has 2 fully saturated rings. The van der Waals surface area contributed by atoms with Crippen LogP contribution in [0.5, 0.6) is 5.75 Å². The van der Waals surface area contributed by atoms with Crippen molar-refractivity contribution < 1.29 is 18.9 Å². The van der Waals surface area contributed by atoms with Crippen molar-refractivity contribution in [3.8, 4) is 5.75 Å². The number of fused-ring (bicyclic) bond motifs is 5. The fourth-order valence-electron chi connectivity index (χ4n) is 6.68. The second-order valence-corrected chi connectivity index (χ2v) is 9.45. The van der Waals surface area contributed by atoms with Gasteiger partial charge in [-0.05, 0) is 90.9 Å². The average molecular weight is 403 g/mol. The van der Waals surface area contributed by atoms with Crippen molar-refractivity contribution in [1.29, 1.82) is 0 Å². The van der Waals surface area contributed by atoms with Gasteiger partial charge in [-0.15, -0.1) is 0 Å². The van der Waals surface area contributed by atoms with Gasteiger partial charge in [0.2, 0.25) is 0 Å². The molecule has 0 saturated heterocycles. The number of rotatable bonds is 8. The molecular formula is C25H38O4. The van der Waals surface area contributed by atoms with E-state index in [0.29, 0.717) is 30.8 Å². The molecular weight excluding hydrogens is 364 g/mol. The van der Waals surface area contributed by atoms with Gasteiger partial charge in [0.15, 0.2) is 6.79 Å². The summed E-state index contributed by atoms with van der Waals surface area (Å²) in [5.74, 6) is 3.31. The van der Waals surface area contributed by atoms with E-state index in [1.54, 1.807) is 19.8 Å². The third kappa shape index (κ3) is 3.84. The first-order chi connectivity index (χ1) is 14.1. The van der Waals surface area contributed by atoms with E-state index in [9.17, 15) is 0 Å². The van der Waals surface area contributed by atoms with E-state index in [-0.39, 0.29) is 0 Å². The standard InChI is InChI=1S/C25H38O4/c1-5-17-14-21-18(15-23(17)29-16-27-4)6-7-20-19(21)10-11-25(2)22(20)8-9-24(25)28-13-12-26-3/h14-15,19-20,22,24H,5-13,16H2,1-4H3/t19?,20?,22?,24-,25-/m0/s1. The number of benzene rings is 1. The Hall–Kier alpha value is -1.10. The minimum absolute atomic E-state index is 0.322. The molecule has 0 spiro atoms. The van der Waals surface area contributed by atoms with Crippen LogP contribution in [0, 0.1) is 17.3 Å². The van der Waals surface area contributed by atoms with Gasteiger partial charge in [0.25, 0.3) is 0 Å². The summed E-state index contributed by atoms with van der Waals surface area (Å²) >= 11 is 0. The van der Waals surface area contributed by atoms with Crippen LogP contribution in [0.15, 0.2) is 12.1 Å². The molecule has 0 N–H and O–H groups in total. The Labute approximate surface area is 176 Å². The molecule has 0 radical (unpaired) electrons. The summed E-state index contributed by atoms with van der Waals surface area (Å²) in [6.07, 6.45) is 8.98. The van der Waals surface area contributed by atoms with E-state index in [1.807, 2.05) is 0 Å². The summed E-state index contributed by atoms with van der Waals surface area (Å²) < 4.78 is 22.5. The summed E-state index contributed by atoms with van der Waals surface area (Å²) in [7, 11) is 3.44. The van der Waals surface area contributed by atoms with E-state index in [0.717, 1.165) is 30.6 Å². The number of methoxy groups -OCH3 is 2. The van der Waals surface area contributed by atoms with E-state index in [4.69, 9.17) is 18.9 Å². The average Bonchev–Trinajstić information content (AvgIpc) is 3.08. The van der Waals surface area contributed by atoms with Crippen LogP contribution in [-0.2, 0) is 27.1 Å². The molecule has 4 heteroatoms. The van der Waals surface area contributed by atoms with Gasteiger partial charge < -0.3 is 18.9 Å². The van der Waals surface area contributed by atoms with Gasteiger partial charge in [-0.3, -0.25) is 0 Å². The van der Waals surface area contributed by atoms with Gasteiger partial charge in [0, 0.05) is 14.2 Å². The van der Waals surface area contributed by atoms with Gasteiger partial charge in [-0.1, -0.05) is 19.9 Å². The first kappa shape index (κ1) is 21.1. The highest BCUT2D eigenvalue weighted by atomic mass is 16.7. The summed E-state index contributed by atoms with van der Waals surface area (Å²) in [5, 5.41) is 0. The van der Waals surface area contributed by atoms with Gasteiger partial charge in [0.05, 0.1) is 19.3 Å². The molecule has 3 aliphatic carbocycles. The first-order valence-corrected chi connectivity index (χ1v) is 11.5. The van der Waals surface area contributed by atoms with Gasteiger partial charge >= 0.3 is 0 Å². The highest BCUT2D eigenvalue weighted by Gasteiger charge is 2.55. The highest BCUT2D eigenvalue weighted by Crippen LogP contribution is 2.61.